The molecule has 0 aliphatic carbocycles. The Labute approximate surface area is 135 Å². The molecule has 3 N–H and O–H groups in total. The Morgan fingerprint density at radius 2 is 1.87 bits per heavy atom. The van der Waals surface area contributed by atoms with Gasteiger partial charge in [-0.05, 0) is 24.3 Å². The van der Waals surface area contributed by atoms with Crippen LogP contribution in [0.25, 0.3) is 0 Å². The maximum absolute atomic E-state index is 12.1. The zero-order valence-corrected chi connectivity index (χ0v) is 14.2. The predicted molar refractivity (Wildman–Crippen MR) is 84.6 cm³/mol. The highest BCUT2D eigenvalue weighted by molar-refractivity contribution is 7.91. The summed E-state index contributed by atoms with van der Waals surface area (Å²) < 4.78 is 54.2. The van der Waals surface area contributed by atoms with E-state index in [2.05, 4.69) is 10.0 Å². The second kappa shape index (κ2) is 7.14. The van der Waals surface area contributed by atoms with Crippen LogP contribution in [0.2, 0.25) is 0 Å². The molecule has 0 radical (unpaired) electrons. The first-order valence-electron chi connectivity index (χ1n) is 6.99. The Hall–Kier alpha value is -1.20. The first-order valence-corrected chi connectivity index (χ1v) is 10.3. The number of sulfone groups is 1. The zero-order chi connectivity index (χ0) is 17.1. The average Bonchev–Trinajstić information content (AvgIpc) is 2.76. The summed E-state index contributed by atoms with van der Waals surface area (Å²) in [6.07, 6.45) is -0.960. The van der Waals surface area contributed by atoms with Crippen LogP contribution in [-0.2, 0) is 19.9 Å². The quantitative estimate of drug-likeness (QED) is 0.515. The van der Waals surface area contributed by atoms with Crippen molar-refractivity contribution in [2.45, 2.75) is 17.0 Å². The van der Waals surface area contributed by atoms with Gasteiger partial charge in [0.25, 0.3) is 0 Å². The number of nitrogens with one attached hydrogen (secondary N) is 2. The molecule has 1 fully saturated rings. The molecule has 1 aromatic carbocycles. The van der Waals surface area contributed by atoms with Crippen molar-refractivity contribution in [2.75, 3.05) is 31.7 Å². The van der Waals surface area contributed by atoms with Crippen LogP contribution in [0.5, 0.6) is 5.75 Å². The van der Waals surface area contributed by atoms with Crippen LogP contribution in [0.4, 0.5) is 0 Å². The molecule has 0 saturated carbocycles. The van der Waals surface area contributed by atoms with Crippen LogP contribution < -0.4 is 14.8 Å². The highest BCUT2D eigenvalue weighted by atomic mass is 32.2. The van der Waals surface area contributed by atoms with E-state index in [1.54, 1.807) is 12.1 Å². The van der Waals surface area contributed by atoms with Gasteiger partial charge in [0.1, 0.15) is 5.75 Å². The number of hydrogen-bond donors (Lipinski definition) is 3. The van der Waals surface area contributed by atoms with Crippen LogP contribution in [-0.4, -0.2) is 65.8 Å². The smallest absolute Gasteiger partial charge is 0.240 e. The molecule has 0 spiro atoms. The lowest BCUT2D eigenvalue weighted by Gasteiger charge is -2.15. The first kappa shape index (κ1) is 18.1. The zero-order valence-electron chi connectivity index (χ0n) is 12.6. The summed E-state index contributed by atoms with van der Waals surface area (Å²) in [5.74, 6) is 0.156. The molecule has 1 heterocycles. The van der Waals surface area contributed by atoms with Crippen molar-refractivity contribution < 1.29 is 26.7 Å². The van der Waals surface area contributed by atoms with Crippen LogP contribution in [0.1, 0.15) is 0 Å². The summed E-state index contributed by atoms with van der Waals surface area (Å²) in [6.45, 7) is 0.296. The van der Waals surface area contributed by atoms with Crippen LogP contribution in [0.15, 0.2) is 29.2 Å². The normalized spacial score (nSPS) is 23.7. The van der Waals surface area contributed by atoms with Gasteiger partial charge in [-0.1, -0.05) is 0 Å². The molecule has 0 aromatic heterocycles. The van der Waals surface area contributed by atoms with Crippen LogP contribution >= 0.6 is 0 Å². The Bertz CT molecular complexity index is 730. The number of hydrogen-bond acceptors (Lipinski definition) is 7. The van der Waals surface area contributed by atoms with Gasteiger partial charge in [-0.2, -0.15) is 0 Å². The monoisotopic (exact) mass is 364 g/mol. The van der Waals surface area contributed by atoms with Crippen LogP contribution in [0.3, 0.4) is 0 Å². The van der Waals surface area contributed by atoms with Crippen molar-refractivity contribution in [3.05, 3.63) is 24.3 Å². The van der Waals surface area contributed by atoms with Gasteiger partial charge >= 0.3 is 0 Å². The van der Waals surface area contributed by atoms with Gasteiger partial charge in [-0.15, -0.1) is 0 Å². The summed E-state index contributed by atoms with van der Waals surface area (Å²) in [4.78, 5) is 0.113. The molecule has 23 heavy (non-hydrogen) atoms. The molecule has 1 aliphatic heterocycles. The third kappa shape index (κ3) is 4.88. The topological polar surface area (TPSA) is 122 Å². The van der Waals surface area contributed by atoms with E-state index in [4.69, 9.17) is 4.74 Å². The Morgan fingerprint density at radius 1 is 1.22 bits per heavy atom. The molecule has 10 heteroatoms. The van der Waals surface area contributed by atoms with Gasteiger partial charge in [-0.25, -0.2) is 21.6 Å². The SMILES string of the molecule is COc1ccc(S(=O)(=O)NCCN[C@H]2CS(=O)(=O)C[C@H]2O)cc1. The van der Waals surface area contributed by atoms with E-state index in [0.29, 0.717) is 5.75 Å². The number of rotatable bonds is 7. The van der Waals surface area contributed by atoms with E-state index in [1.165, 1.54) is 19.2 Å². The average molecular weight is 364 g/mol. The predicted octanol–water partition coefficient (Wildman–Crippen LogP) is -1.28. The fourth-order valence-electron chi connectivity index (χ4n) is 2.31. The highest BCUT2D eigenvalue weighted by Crippen LogP contribution is 2.15. The minimum Gasteiger partial charge on any atom is -0.497 e. The van der Waals surface area contributed by atoms with E-state index >= 15 is 0 Å². The number of sulfonamides is 1. The lowest BCUT2D eigenvalue weighted by Crippen LogP contribution is -2.42. The van der Waals surface area contributed by atoms with Crippen molar-refractivity contribution >= 4 is 19.9 Å². The standard InChI is InChI=1S/C13H20N2O6S2/c1-21-10-2-4-11(5-3-10)23(19,20)15-7-6-14-12-8-22(17,18)9-13(12)16/h2-5,12-16H,6-9H2,1H3/t12-,13+/m0/s1. The Kier molecular flexibility index (Phi) is 5.63. The summed E-state index contributed by atoms with van der Waals surface area (Å²) in [5.41, 5.74) is 0. The van der Waals surface area contributed by atoms with Gasteiger partial charge in [0.05, 0.1) is 29.6 Å². The van der Waals surface area contributed by atoms with E-state index < -0.39 is 32.0 Å². The number of methoxy groups -OCH3 is 1. The van der Waals surface area contributed by atoms with Gasteiger partial charge in [0, 0.05) is 19.1 Å². The Morgan fingerprint density at radius 3 is 2.39 bits per heavy atom. The number of aliphatic hydroxyl groups is 1. The summed E-state index contributed by atoms with van der Waals surface area (Å²) in [5, 5.41) is 12.5. The van der Waals surface area contributed by atoms with Crippen LogP contribution in [0, 0.1) is 0 Å². The van der Waals surface area contributed by atoms with Crippen molar-refractivity contribution in [1.29, 1.82) is 0 Å². The van der Waals surface area contributed by atoms with Crippen molar-refractivity contribution in [2.24, 2.45) is 0 Å². The third-order valence-electron chi connectivity index (χ3n) is 3.52. The maximum atomic E-state index is 12.1. The van der Waals surface area contributed by atoms with Crippen molar-refractivity contribution in [1.82, 2.24) is 10.0 Å². The summed E-state index contributed by atoms with van der Waals surface area (Å²) >= 11 is 0. The molecule has 1 aliphatic rings. The first-order chi connectivity index (χ1) is 10.7. The molecule has 2 atom stereocenters. The minimum absolute atomic E-state index is 0.0810. The van der Waals surface area contributed by atoms with Crippen molar-refractivity contribution in [3.63, 3.8) is 0 Å². The molecule has 130 valence electrons. The van der Waals surface area contributed by atoms with E-state index in [1.807, 2.05) is 0 Å². The Balaban J connectivity index is 1.83. The minimum atomic E-state index is -3.64. The van der Waals surface area contributed by atoms with Crippen molar-refractivity contribution in [3.8, 4) is 5.75 Å². The number of aliphatic hydroxyl groups excluding tert-OH is 1. The second-order valence-corrected chi connectivity index (χ2v) is 9.20. The molecular formula is C13H20N2O6S2. The highest BCUT2D eigenvalue weighted by Gasteiger charge is 2.35. The summed E-state index contributed by atoms with van der Waals surface area (Å²) in [7, 11) is -5.38. The van der Waals surface area contributed by atoms with Gasteiger partial charge in [0.2, 0.25) is 10.0 Å². The molecule has 0 unspecified atom stereocenters. The number of benzene rings is 1. The molecule has 2 rings (SSSR count). The van der Waals surface area contributed by atoms with E-state index in [0.717, 1.165) is 0 Å². The summed E-state index contributed by atoms with van der Waals surface area (Å²) in [6, 6.07) is 5.40. The molecule has 1 aromatic rings. The van der Waals surface area contributed by atoms with E-state index in [9.17, 15) is 21.9 Å². The van der Waals surface area contributed by atoms with Gasteiger partial charge in [0.15, 0.2) is 9.84 Å². The van der Waals surface area contributed by atoms with Gasteiger partial charge < -0.3 is 15.2 Å². The third-order valence-corrected chi connectivity index (χ3v) is 6.71. The molecule has 8 nitrogen and oxygen atoms in total. The molecule has 0 amide bonds. The fraction of sp³-hybridized carbons (Fsp3) is 0.538. The second-order valence-electron chi connectivity index (χ2n) is 5.28. The fourth-order valence-corrected chi connectivity index (χ4v) is 5.11. The number of ether oxygens (including phenoxy) is 1. The molecule has 1 saturated heterocycles. The largest absolute Gasteiger partial charge is 0.497 e. The maximum Gasteiger partial charge on any atom is 0.240 e. The molecular weight excluding hydrogens is 344 g/mol. The molecule has 0 bridgehead atoms. The lowest BCUT2D eigenvalue weighted by atomic mass is 10.2. The van der Waals surface area contributed by atoms with Gasteiger partial charge in [-0.3, -0.25) is 0 Å². The van der Waals surface area contributed by atoms with E-state index in [-0.39, 0.29) is 29.5 Å². The lowest BCUT2D eigenvalue weighted by molar-refractivity contribution is 0.166.